The van der Waals surface area contributed by atoms with E-state index in [2.05, 4.69) is 16.9 Å². The molecule has 1 heterocycles. The van der Waals surface area contributed by atoms with Gasteiger partial charge in [0.15, 0.2) is 17.5 Å². The van der Waals surface area contributed by atoms with Crippen LogP contribution < -0.4 is 20.5 Å². The molecule has 5 heteroatoms. The molecule has 0 aromatic heterocycles. The largest absolute Gasteiger partial charge is 0.490 e. The smallest absolute Gasteiger partial charge is 0.189 e. The lowest BCUT2D eigenvalue weighted by molar-refractivity contribution is 0.297. The summed E-state index contributed by atoms with van der Waals surface area (Å²) < 4.78 is 11.2. The van der Waals surface area contributed by atoms with Gasteiger partial charge in [0.2, 0.25) is 0 Å². The van der Waals surface area contributed by atoms with Crippen LogP contribution in [0.15, 0.2) is 35.8 Å². The second kappa shape index (κ2) is 6.68. The van der Waals surface area contributed by atoms with E-state index in [9.17, 15) is 0 Å². The molecule has 1 aliphatic heterocycles. The number of guanidine groups is 1. The summed E-state index contributed by atoms with van der Waals surface area (Å²) >= 11 is 0. The zero-order valence-electron chi connectivity index (χ0n) is 10.9. The van der Waals surface area contributed by atoms with Gasteiger partial charge < -0.3 is 20.5 Å². The van der Waals surface area contributed by atoms with Crippen LogP contribution in [0.2, 0.25) is 0 Å². The Kier molecular flexibility index (Phi) is 4.66. The first-order valence-corrected chi connectivity index (χ1v) is 6.33. The van der Waals surface area contributed by atoms with Crippen LogP contribution in [0.3, 0.4) is 0 Å². The third-order valence-corrected chi connectivity index (χ3v) is 2.67. The number of nitrogens with zero attached hydrogens (tertiary/aromatic N) is 1. The molecule has 0 atom stereocenters. The van der Waals surface area contributed by atoms with Crippen molar-refractivity contribution in [2.24, 2.45) is 10.7 Å². The van der Waals surface area contributed by atoms with Crippen LogP contribution >= 0.6 is 0 Å². The zero-order valence-corrected chi connectivity index (χ0v) is 10.9. The van der Waals surface area contributed by atoms with Crippen LogP contribution in [-0.2, 0) is 6.54 Å². The first-order chi connectivity index (χ1) is 9.29. The van der Waals surface area contributed by atoms with E-state index in [4.69, 9.17) is 15.2 Å². The van der Waals surface area contributed by atoms with Gasteiger partial charge in [-0.25, -0.2) is 4.99 Å². The van der Waals surface area contributed by atoms with Gasteiger partial charge in [-0.05, 0) is 17.7 Å². The van der Waals surface area contributed by atoms with Crippen molar-refractivity contribution in [3.05, 3.63) is 36.4 Å². The molecule has 0 saturated heterocycles. The lowest BCUT2D eigenvalue weighted by atomic mass is 10.2. The van der Waals surface area contributed by atoms with Crippen LogP contribution in [0.25, 0.3) is 0 Å². The van der Waals surface area contributed by atoms with Gasteiger partial charge in [0, 0.05) is 13.0 Å². The van der Waals surface area contributed by atoms with Crippen LogP contribution in [0.5, 0.6) is 11.5 Å². The fraction of sp³-hybridized carbons (Fsp3) is 0.357. The summed E-state index contributed by atoms with van der Waals surface area (Å²) in [6, 6.07) is 5.83. The van der Waals surface area contributed by atoms with Gasteiger partial charge >= 0.3 is 0 Å². The molecule has 3 N–H and O–H groups in total. The highest BCUT2D eigenvalue weighted by Crippen LogP contribution is 2.30. The standard InChI is InChI=1S/C14H19N3O2/c1-2-6-16-14(15)17-10-11-4-5-12-13(9-11)19-8-3-7-18-12/h2,4-5,9H,1,3,6-8,10H2,(H3,15,16,17). The summed E-state index contributed by atoms with van der Waals surface area (Å²) in [6.07, 6.45) is 2.64. The predicted octanol–water partition coefficient (Wildman–Crippen LogP) is 1.44. The summed E-state index contributed by atoms with van der Waals surface area (Å²) in [5.74, 6) is 1.98. The lowest BCUT2D eigenvalue weighted by Crippen LogP contribution is -2.31. The monoisotopic (exact) mass is 261 g/mol. The Bertz CT molecular complexity index is 472. The van der Waals surface area contributed by atoms with E-state index in [0.717, 1.165) is 23.5 Å². The summed E-state index contributed by atoms with van der Waals surface area (Å²) in [4.78, 5) is 4.24. The van der Waals surface area contributed by atoms with E-state index in [1.165, 1.54) is 0 Å². The van der Waals surface area contributed by atoms with Crippen molar-refractivity contribution in [2.45, 2.75) is 13.0 Å². The van der Waals surface area contributed by atoms with E-state index in [0.29, 0.717) is 32.3 Å². The van der Waals surface area contributed by atoms with Crippen molar-refractivity contribution in [2.75, 3.05) is 19.8 Å². The molecule has 0 spiro atoms. The minimum absolute atomic E-state index is 0.409. The average Bonchev–Trinajstić information content (AvgIpc) is 2.67. The molecule has 0 fully saturated rings. The highest BCUT2D eigenvalue weighted by Gasteiger charge is 2.10. The van der Waals surface area contributed by atoms with Crippen LogP contribution in [-0.4, -0.2) is 25.7 Å². The molecule has 0 saturated carbocycles. The number of benzene rings is 1. The van der Waals surface area contributed by atoms with E-state index in [1.54, 1.807) is 6.08 Å². The molecule has 19 heavy (non-hydrogen) atoms. The van der Waals surface area contributed by atoms with Gasteiger partial charge in [0.05, 0.1) is 19.8 Å². The third kappa shape index (κ3) is 3.91. The van der Waals surface area contributed by atoms with Crippen LogP contribution in [0.1, 0.15) is 12.0 Å². The summed E-state index contributed by atoms with van der Waals surface area (Å²) in [7, 11) is 0. The van der Waals surface area contributed by atoms with Crippen molar-refractivity contribution in [3.63, 3.8) is 0 Å². The zero-order chi connectivity index (χ0) is 13.5. The third-order valence-electron chi connectivity index (χ3n) is 2.67. The average molecular weight is 261 g/mol. The topological polar surface area (TPSA) is 68.9 Å². The lowest BCUT2D eigenvalue weighted by Gasteiger charge is -2.08. The fourth-order valence-electron chi connectivity index (χ4n) is 1.72. The number of fused-ring (bicyclic) bond motifs is 1. The molecule has 1 aromatic carbocycles. The Morgan fingerprint density at radius 2 is 2.16 bits per heavy atom. The van der Waals surface area contributed by atoms with Crippen LogP contribution in [0.4, 0.5) is 0 Å². The summed E-state index contributed by atoms with van der Waals surface area (Å²) in [5, 5.41) is 2.93. The molecule has 0 unspecified atom stereocenters. The van der Waals surface area contributed by atoms with Crippen molar-refractivity contribution in [1.29, 1.82) is 0 Å². The number of nitrogens with one attached hydrogen (secondary N) is 1. The quantitative estimate of drug-likeness (QED) is 0.489. The Morgan fingerprint density at radius 3 is 2.95 bits per heavy atom. The Balaban J connectivity index is 2.01. The van der Waals surface area contributed by atoms with E-state index >= 15 is 0 Å². The fourth-order valence-corrected chi connectivity index (χ4v) is 1.72. The van der Waals surface area contributed by atoms with Crippen molar-refractivity contribution < 1.29 is 9.47 Å². The molecule has 0 bridgehead atoms. The van der Waals surface area contributed by atoms with E-state index in [-0.39, 0.29) is 0 Å². The number of hydrogen-bond donors (Lipinski definition) is 2. The van der Waals surface area contributed by atoms with Gasteiger partial charge in [0.25, 0.3) is 0 Å². The number of ether oxygens (including phenoxy) is 2. The molecule has 0 amide bonds. The van der Waals surface area contributed by atoms with E-state index < -0.39 is 0 Å². The molecule has 0 aliphatic carbocycles. The van der Waals surface area contributed by atoms with Gasteiger partial charge in [-0.1, -0.05) is 12.1 Å². The first kappa shape index (κ1) is 13.3. The van der Waals surface area contributed by atoms with Gasteiger partial charge in [-0.15, -0.1) is 6.58 Å². The van der Waals surface area contributed by atoms with E-state index in [1.807, 2.05) is 18.2 Å². The second-order valence-electron chi connectivity index (χ2n) is 4.20. The minimum Gasteiger partial charge on any atom is -0.490 e. The maximum Gasteiger partial charge on any atom is 0.189 e. The number of nitrogens with two attached hydrogens (primary N) is 1. The van der Waals surface area contributed by atoms with Crippen LogP contribution in [0, 0.1) is 0 Å². The van der Waals surface area contributed by atoms with Gasteiger partial charge in [0.1, 0.15) is 0 Å². The number of rotatable bonds is 4. The molecule has 1 aliphatic rings. The van der Waals surface area contributed by atoms with Gasteiger partial charge in [-0.3, -0.25) is 0 Å². The summed E-state index contributed by atoms with van der Waals surface area (Å²) in [6.45, 7) is 6.10. The van der Waals surface area contributed by atoms with Gasteiger partial charge in [-0.2, -0.15) is 0 Å². The Labute approximate surface area is 113 Å². The molecular weight excluding hydrogens is 242 g/mol. The first-order valence-electron chi connectivity index (χ1n) is 6.33. The SMILES string of the molecule is C=CCNC(N)=NCc1ccc2c(c1)OCCCO2. The number of hydrogen-bond acceptors (Lipinski definition) is 3. The molecule has 2 rings (SSSR count). The van der Waals surface area contributed by atoms with Crippen molar-refractivity contribution in [3.8, 4) is 11.5 Å². The second-order valence-corrected chi connectivity index (χ2v) is 4.20. The highest BCUT2D eigenvalue weighted by molar-refractivity contribution is 5.77. The molecule has 102 valence electrons. The Morgan fingerprint density at radius 1 is 1.37 bits per heavy atom. The highest BCUT2D eigenvalue weighted by atomic mass is 16.5. The normalized spacial score (nSPS) is 14.6. The predicted molar refractivity (Wildman–Crippen MR) is 75.6 cm³/mol. The van der Waals surface area contributed by atoms with Crippen molar-refractivity contribution in [1.82, 2.24) is 5.32 Å². The Hall–Kier alpha value is -2.17. The summed E-state index contributed by atoms with van der Waals surface area (Å²) in [5.41, 5.74) is 6.74. The molecule has 5 nitrogen and oxygen atoms in total. The molecular formula is C14H19N3O2. The minimum atomic E-state index is 0.409. The number of aliphatic imine (C=N–C) groups is 1. The van der Waals surface area contributed by atoms with Crippen molar-refractivity contribution >= 4 is 5.96 Å². The molecule has 0 radical (unpaired) electrons. The molecule has 1 aromatic rings. The maximum atomic E-state index is 5.71. The maximum absolute atomic E-state index is 5.71.